The third-order valence-electron chi connectivity index (χ3n) is 2.62. The van der Waals surface area contributed by atoms with Crippen molar-refractivity contribution in [2.45, 2.75) is 20.4 Å². The maximum atomic E-state index is 4.36. The van der Waals surface area contributed by atoms with Gasteiger partial charge in [-0.25, -0.2) is 0 Å². The van der Waals surface area contributed by atoms with Gasteiger partial charge >= 0.3 is 0 Å². The average Bonchev–Trinajstić information content (AvgIpc) is 2.27. The summed E-state index contributed by atoms with van der Waals surface area (Å²) in [7, 11) is 0. The smallest absolute Gasteiger partial charge is 0.0623 e. The number of aryl methyl sites for hydroxylation is 2. The van der Waals surface area contributed by atoms with E-state index in [1.165, 1.54) is 11.1 Å². The van der Waals surface area contributed by atoms with Crippen LogP contribution in [0.5, 0.6) is 0 Å². The van der Waals surface area contributed by atoms with Crippen LogP contribution >= 0.6 is 15.9 Å². The standard InChI is InChI=1S/C14H15BrN2/c1-10-6-12(15)8-13(7-10)17-9-14-11(2)4-3-5-16-14/h3-8,17H,9H2,1-2H3. The molecule has 0 aliphatic heterocycles. The molecule has 1 aromatic carbocycles. The van der Waals surface area contributed by atoms with Crippen molar-refractivity contribution >= 4 is 21.6 Å². The van der Waals surface area contributed by atoms with Gasteiger partial charge in [0.05, 0.1) is 12.2 Å². The van der Waals surface area contributed by atoms with E-state index in [1.54, 1.807) is 0 Å². The fourth-order valence-electron chi connectivity index (χ4n) is 1.73. The lowest BCUT2D eigenvalue weighted by molar-refractivity contribution is 1.02. The molecule has 0 saturated carbocycles. The maximum Gasteiger partial charge on any atom is 0.0623 e. The highest BCUT2D eigenvalue weighted by atomic mass is 79.9. The lowest BCUT2D eigenvalue weighted by atomic mass is 10.2. The Balaban J connectivity index is 2.10. The number of halogens is 1. The molecule has 0 atom stereocenters. The summed E-state index contributed by atoms with van der Waals surface area (Å²) < 4.78 is 1.10. The van der Waals surface area contributed by atoms with Crippen LogP contribution in [0.4, 0.5) is 5.69 Å². The summed E-state index contributed by atoms with van der Waals surface area (Å²) in [5, 5.41) is 3.39. The van der Waals surface area contributed by atoms with Crippen LogP contribution in [-0.2, 0) is 6.54 Å². The minimum atomic E-state index is 0.753. The van der Waals surface area contributed by atoms with E-state index in [0.29, 0.717) is 0 Å². The molecule has 17 heavy (non-hydrogen) atoms. The molecular weight excluding hydrogens is 276 g/mol. The number of nitrogens with zero attached hydrogens (tertiary/aromatic N) is 1. The quantitative estimate of drug-likeness (QED) is 0.922. The molecule has 3 heteroatoms. The molecule has 0 spiro atoms. The molecule has 0 aliphatic carbocycles. The van der Waals surface area contributed by atoms with E-state index in [1.807, 2.05) is 12.3 Å². The van der Waals surface area contributed by atoms with E-state index in [-0.39, 0.29) is 0 Å². The van der Waals surface area contributed by atoms with Gasteiger partial charge in [-0.1, -0.05) is 22.0 Å². The van der Waals surface area contributed by atoms with Crippen molar-refractivity contribution < 1.29 is 0 Å². The van der Waals surface area contributed by atoms with Crippen molar-refractivity contribution in [2.24, 2.45) is 0 Å². The van der Waals surface area contributed by atoms with Gasteiger partial charge < -0.3 is 5.32 Å². The highest BCUT2D eigenvalue weighted by Crippen LogP contribution is 2.19. The lowest BCUT2D eigenvalue weighted by Gasteiger charge is -2.09. The van der Waals surface area contributed by atoms with Crippen molar-refractivity contribution in [2.75, 3.05) is 5.32 Å². The van der Waals surface area contributed by atoms with Gasteiger partial charge in [0.25, 0.3) is 0 Å². The second-order valence-corrected chi connectivity index (χ2v) is 5.05. The number of benzene rings is 1. The zero-order valence-corrected chi connectivity index (χ0v) is 11.6. The Morgan fingerprint density at radius 3 is 2.76 bits per heavy atom. The number of nitrogens with one attached hydrogen (secondary N) is 1. The molecule has 1 heterocycles. The Labute approximate surface area is 110 Å². The summed E-state index contributed by atoms with van der Waals surface area (Å²) in [4.78, 5) is 4.36. The van der Waals surface area contributed by atoms with Crippen molar-refractivity contribution in [1.82, 2.24) is 4.98 Å². The number of aromatic nitrogens is 1. The van der Waals surface area contributed by atoms with Crippen LogP contribution in [0.3, 0.4) is 0 Å². The van der Waals surface area contributed by atoms with E-state index < -0.39 is 0 Å². The second-order valence-electron chi connectivity index (χ2n) is 4.14. The Kier molecular flexibility index (Phi) is 3.79. The maximum absolute atomic E-state index is 4.36. The molecule has 0 bridgehead atoms. The summed E-state index contributed by atoms with van der Waals surface area (Å²) >= 11 is 3.50. The van der Waals surface area contributed by atoms with Crippen molar-refractivity contribution in [1.29, 1.82) is 0 Å². The number of anilines is 1. The zero-order chi connectivity index (χ0) is 12.3. The predicted octanol–water partition coefficient (Wildman–Crippen LogP) is 4.07. The van der Waals surface area contributed by atoms with E-state index in [9.17, 15) is 0 Å². The summed E-state index contributed by atoms with van der Waals surface area (Å²) in [6, 6.07) is 10.3. The van der Waals surface area contributed by atoms with E-state index in [4.69, 9.17) is 0 Å². The normalized spacial score (nSPS) is 10.3. The zero-order valence-electron chi connectivity index (χ0n) is 10.00. The molecule has 1 aromatic heterocycles. The van der Waals surface area contributed by atoms with Gasteiger partial charge in [-0.3, -0.25) is 4.98 Å². The molecule has 0 amide bonds. The molecule has 1 N–H and O–H groups in total. The SMILES string of the molecule is Cc1cc(Br)cc(NCc2ncccc2C)c1. The second kappa shape index (κ2) is 5.32. The molecule has 2 aromatic rings. The number of hydrogen-bond donors (Lipinski definition) is 1. The van der Waals surface area contributed by atoms with Crippen LogP contribution in [0.15, 0.2) is 41.0 Å². The summed E-state index contributed by atoms with van der Waals surface area (Å²) in [6.07, 6.45) is 1.83. The molecule has 0 saturated heterocycles. The lowest BCUT2D eigenvalue weighted by Crippen LogP contribution is -2.03. The topological polar surface area (TPSA) is 24.9 Å². The Morgan fingerprint density at radius 1 is 1.24 bits per heavy atom. The van der Waals surface area contributed by atoms with Gasteiger partial charge in [-0.05, 0) is 49.2 Å². The Hall–Kier alpha value is -1.35. The number of rotatable bonds is 3. The molecular formula is C14H15BrN2. The first-order valence-electron chi connectivity index (χ1n) is 5.57. The highest BCUT2D eigenvalue weighted by molar-refractivity contribution is 9.10. The molecule has 0 unspecified atom stereocenters. The molecule has 2 rings (SSSR count). The average molecular weight is 291 g/mol. The fourth-order valence-corrected chi connectivity index (χ4v) is 2.34. The van der Waals surface area contributed by atoms with E-state index >= 15 is 0 Å². The highest BCUT2D eigenvalue weighted by Gasteiger charge is 2.00. The van der Waals surface area contributed by atoms with Gasteiger partial charge in [0.2, 0.25) is 0 Å². The Morgan fingerprint density at radius 2 is 2.06 bits per heavy atom. The summed E-state index contributed by atoms with van der Waals surface area (Å²) in [5.74, 6) is 0. The monoisotopic (exact) mass is 290 g/mol. The first-order chi connectivity index (χ1) is 8.15. The van der Waals surface area contributed by atoms with Gasteiger partial charge in [0, 0.05) is 16.4 Å². The minimum Gasteiger partial charge on any atom is -0.379 e. The van der Waals surface area contributed by atoms with Gasteiger partial charge in [0.15, 0.2) is 0 Å². The minimum absolute atomic E-state index is 0.753. The summed E-state index contributed by atoms with van der Waals surface area (Å²) in [5.41, 5.74) is 4.65. The van der Waals surface area contributed by atoms with Crippen LogP contribution in [-0.4, -0.2) is 4.98 Å². The third-order valence-corrected chi connectivity index (χ3v) is 3.08. The van der Waals surface area contributed by atoms with Crippen LogP contribution in [0.25, 0.3) is 0 Å². The number of hydrogen-bond acceptors (Lipinski definition) is 2. The van der Waals surface area contributed by atoms with Gasteiger partial charge in [-0.15, -0.1) is 0 Å². The molecule has 0 aliphatic rings. The van der Waals surface area contributed by atoms with Gasteiger partial charge in [-0.2, -0.15) is 0 Å². The van der Waals surface area contributed by atoms with Gasteiger partial charge in [0.1, 0.15) is 0 Å². The molecule has 88 valence electrons. The summed E-state index contributed by atoms with van der Waals surface area (Å²) in [6.45, 7) is 4.92. The first-order valence-corrected chi connectivity index (χ1v) is 6.36. The fraction of sp³-hybridized carbons (Fsp3) is 0.214. The van der Waals surface area contributed by atoms with Crippen LogP contribution in [0, 0.1) is 13.8 Å². The third kappa shape index (κ3) is 3.30. The van der Waals surface area contributed by atoms with Crippen LogP contribution in [0.1, 0.15) is 16.8 Å². The predicted molar refractivity (Wildman–Crippen MR) is 75.2 cm³/mol. The van der Waals surface area contributed by atoms with Crippen LogP contribution < -0.4 is 5.32 Å². The largest absolute Gasteiger partial charge is 0.379 e. The van der Waals surface area contributed by atoms with Crippen molar-refractivity contribution in [3.63, 3.8) is 0 Å². The van der Waals surface area contributed by atoms with E-state index in [0.717, 1.165) is 22.4 Å². The molecule has 2 nitrogen and oxygen atoms in total. The Bertz CT molecular complexity index is 503. The number of pyridine rings is 1. The van der Waals surface area contributed by atoms with Crippen molar-refractivity contribution in [3.05, 3.63) is 57.8 Å². The van der Waals surface area contributed by atoms with Crippen LogP contribution in [0.2, 0.25) is 0 Å². The van der Waals surface area contributed by atoms with E-state index in [2.05, 4.69) is 64.3 Å². The molecule has 0 fully saturated rings. The van der Waals surface area contributed by atoms with Crippen molar-refractivity contribution in [3.8, 4) is 0 Å². The molecule has 0 radical (unpaired) electrons. The first kappa shape index (κ1) is 12.1.